The zero-order chi connectivity index (χ0) is 12.8. The number of ether oxygens (including phenoxy) is 1. The Labute approximate surface area is 107 Å². The molecule has 0 aliphatic heterocycles. The molecule has 1 heterocycles. The van der Waals surface area contributed by atoms with E-state index in [1.807, 2.05) is 31.2 Å². The van der Waals surface area contributed by atoms with Crippen molar-refractivity contribution in [2.45, 2.75) is 26.8 Å². The van der Waals surface area contributed by atoms with Gasteiger partial charge in [0.25, 0.3) is 0 Å². The first-order chi connectivity index (χ1) is 8.81. The molecule has 0 spiro atoms. The summed E-state index contributed by atoms with van der Waals surface area (Å²) in [4.78, 5) is 4.23. The minimum atomic E-state index is 0.284. The van der Waals surface area contributed by atoms with Crippen molar-refractivity contribution in [2.75, 3.05) is 6.54 Å². The number of hydrogen-bond acceptors (Lipinski definition) is 4. The first-order valence-electron chi connectivity index (χ1n) is 6.23. The van der Waals surface area contributed by atoms with Crippen LogP contribution in [-0.4, -0.2) is 11.5 Å². The molecule has 0 aliphatic rings. The molecule has 4 heteroatoms. The summed E-state index contributed by atoms with van der Waals surface area (Å²) in [5.41, 5.74) is 2.12. The lowest BCUT2D eigenvalue weighted by Gasteiger charge is -2.01. The Bertz CT molecular complexity index is 477. The normalized spacial score (nSPS) is 10.6. The van der Waals surface area contributed by atoms with Crippen LogP contribution < -0.4 is 10.1 Å². The number of aryl methyl sites for hydroxylation is 1. The fourth-order valence-corrected chi connectivity index (χ4v) is 1.56. The van der Waals surface area contributed by atoms with Crippen molar-refractivity contribution in [3.05, 3.63) is 41.8 Å². The van der Waals surface area contributed by atoms with Gasteiger partial charge in [-0.15, -0.1) is 0 Å². The number of rotatable bonds is 6. The molecule has 4 nitrogen and oxygen atoms in total. The van der Waals surface area contributed by atoms with Crippen molar-refractivity contribution >= 4 is 0 Å². The van der Waals surface area contributed by atoms with Crippen molar-refractivity contribution in [1.82, 2.24) is 10.3 Å². The molecule has 0 bridgehead atoms. The van der Waals surface area contributed by atoms with E-state index in [4.69, 9.17) is 9.15 Å². The van der Waals surface area contributed by atoms with E-state index in [1.165, 1.54) is 5.56 Å². The van der Waals surface area contributed by atoms with Gasteiger partial charge in [-0.05, 0) is 30.7 Å². The Morgan fingerprint density at radius 1 is 1.22 bits per heavy atom. The number of oxazole rings is 1. The van der Waals surface area contributed by atoms with Crippen molar-refractivity contribution in [3.8, 4) is 11.8 Å². The lowest BCUT2D eigenvalue weighted by molar-refractivity contribution is 0.330. The standard InChI is InChI=1S/C14H18N2O2/c1-3-11-5-7-13(8-6-11)18-14-16-12(10-17-14)9-15-4-2/h5-8,10,15H,3-4,9H2,1-2H3. The molecule has 0 saturated heterocycles. The van der Waals surface area contributed by atoms with Gasteiger partial charge in [-0.1, -0.05) is 26.0 Å². The van der Waals surface area contributed by atoms with Gasteiger partial charge in [-0.3, -0.25) is 0 Å². The first-order valence-corrected chi connectivity index (χ1v) is 6.23. The van der Waals surface area contributed by atoms with Crippen molar-refractivity contribution in [3.63, 3.8) is 0 Å². The second kappa shape index (κ2) is 6.21. The van der Waals surface area contributed by atoms with E-state index in [0.29, 0.717) is 6.54 Å². The Balaban J connectivity index is 1.97. The lowest BCUT2D eigenvalue weighted by Crippen LogP contribution is -2.11. The quantitative estimate of drug-likeness (QED) is 0.850. The van der Waals surface area contributed by atoms with Crippen LogP contribution in [0, 0.1) is 0 Å². The van der Waals surface area contributed by atoms with E-state index in [2.05, 4.69) is 17.2 Å². The lowest BCUT2D eigenvalue weighted by atomic mass is 10.2. The topological polar surface area (TPSA) is 47.3 Å². The van der Waals surface area contributed by atoms with Crippen LogP contribution in [-0.2, 0) is 13.0 Å². The van der Waals surface area contributed by atoms with Crippen LogP contribution in [0.25, 0.3) is 0 Å². The summed E-state index contributed by atoms with van der Waals surface area (Å²) >= 11 is 0. The van der Waals surface area contributed by atoms with Crippen LogP contribution in [0.15, 0.2) is 34.9 Å². The monoisotopic (exact) mass is 246 g/mol. The molecule has 0 saturated carbocycles. The molecule has 0 amide bonds. The molecule has 1 aromatic heterocycles. The number of nitrogens with zero attached hydrogens (tertiary/aromatic N) is 1. The summed E-state index contributed by atoms with van der Waals surface area (Å²) in [6.07, 6.45) is 2.91. The van der Waals surface area contributed by atoms with Crippen molar-refractivity contribution in [2.24, 2.45) is 0 Å². The molecule has 2 rings (SSSR count). The van der Waals surface area contributed by atoms with Crippen LogP contribution in [0.3, 0.4) is 0 Å². The summed E-state index contributed by atoms with van der Waals surface area (Å²) in [5, 5.41) is 3.18. The number of nitrogens with one attached hydrogen (secondary N) is 1. The van der Waals surface area contributed by atoms with Crippen LogP contribution in [0.1, 0.15) is 25.1 Å². The Kier molecular flexibility index (Phi) is 4.36. The van der Waals surface area contributed by atoms with Crippen LogP contribution in [0.4, 0.5) is 0 Å². The van der Waals surface area contributed by atoms with Crippen molar-refractivity contribution < 1.29 is 9.15 Å². The molecular formula is C14H18N2O2. The average molecular weight is 246 g/mol. The smallest absolute Gasteiger partial charge is 0.399 e. The molecule has 0 aliphatic carbocycles. The second-order valence-electron chi connectivity index (χ2n) is 3.98. The third kappa shape index (κ3) is 3.34. The van der Waals surface area contributed by atoms with Crippen LogP contribution >= 0.6 is 0 Å². The molecule has 1 N–H and O–H groups in total. The van der Waals surface area contributed by atoms with Gasteiger partial charge < -0.3 is 14.5 Å². The fraction of sp³-hybridized carbons (Fsp3) is 0.357. The zero-order valence-electron chi connectivity index (χ0n) is 10.8. The molecule has 1 aromatic carbocycles. The molecular weight excluding hydrogens is 228 g/mol. The highest BCUT2D eigenvalue weighted by Gasteiger charge is 2.05. The van der Waals surface area contributed by atoms with E-state index >= 15 is 0 Å². The van der Waals surface area contributed by atoms with Gasteiger partial charge in [-0.2, -0.15) is 4.98 Å². The fourth-order valence-electron chi connectivity index (χ4n) is 1.56. The summed E-state index contributed by atoms with van der Waals surface area (Å²) < 4.78 is 10.8. The van der Waals surface area contributed by atoms with Crippen LogP contribution in [0.2, 0.25) is 0 Å². The largest absolute Gasteiger partial charge is 0.417 e. The molecule has 18 heavy (non-hydrogen) atoms. The highest BCUT2D eigenvalue weighted by Crippen LogP contribution is 2.21. The van der Waals surface area contributed by atoms with Gasteiger partial charge in [-0.25, -0.2) is 0 Å². The zero-order valence-corrected chi connectivity index (χ0v) is 10.8. The minimum absolute atomic E-state index is 0.284. The Hall–Kier alpha value is -1.81. The van der Waals surface area contributed by atoms with E-state index in [0.717, 1.165) is 24.4 Å². The van der Waals surface area contributed by atoms with Gasteiger partial charge in [0, 0.05) is 6.54 Å². The van der Waals surface area contributed by atoms with Gasteiger partial charge in [0.05, 0.1) is 5.69 Å². The van der Waals surface area contributed by atoms with Gasteiger partial charge in [0.2, 0.25) is 0 Å². The van der Waals surface area contributed by atoms with E-state index in [9.17, 15) is 0 Å². The maximum absolute atomic E-state index is 5.53. The van der Waals surface area contributed by atoms with E-state index in [-0.39, 0.29) is 6.08 Å². The Morgan fingerprint density at radius 2 is 2.00 bits per heavy atom. The third-order valence-corrected chi connectivity index (χ3v) is 2.62. The number of aromatic nitrogens is 1. The number of benzene rings is 1. The van der Waals surface area contributed by atoms with E-state index < -0.39 is 0 Å². The minimum Gasteiger partial charge on any atom is -0.417 e. The molecule has 0 unspecified atom stereocenters. The second-order valence-corrected chi connectivity index (χ2v) is 3.98. The van der Waals surface area contributed by atoms with Crippen LogP contribution in [0.5, 0.6) is 11.8 Å². The van der Waals surface area contributed by atoms with Crippen molar-refractivity contribution in [1.29, 1.82) is 0 Å². The summed E-state index contributed by atoms with van der Waals surface area (Å²) in [6, 6.07) is 7.93. The van der Waals surface area contributed by atoms with Gasteiger partial charge in [0.1, 0.15) is 12.0 Å². The van der Waals surface area contributed by atoms with Gasteiger partial charge in [0.15, 0.2) is 0 Å². The SMILES string of the molecule is CCNCc1coc(Oc2ccc(CC)cc2)n1. The molecule has 0 radical (unpaired) electrons. The van der Waals surface area contributed by atoms with Gasteiger partial charge >= 0.3 is 6.08 Å². The predicted octanol–water partition coefficient (Wildman–Crippen LogP) is 3.14. The number of hydrogen-bond donors (Lipinski definition) is 1. The highest BCUT2D eigenvalue weighted by molar-refractivity contribution is 5.28. The summed E-state index contributed by atoms with van der Waals surface area (Å²) in [5.74, 6) is 0.740. The first kappa shape index (κ1) is 12.6. The molecule has 0 fully saturated rings. The molecule has 0 atom stereocenters. The Morgan fingerprint density at radius 3 is 2.67 bits per heavy atom. The molecule has 96 valence electrons. The van der Waals surface area contributed by atoms with E-state index in [1.54, 1.807) is 6.26 Å². The molecule has 2 aromatic rings. The average Bonchev–Trinajstić information content (AvgIpc) is 2.85. The summed E-state index contributed by atoms with van der Waals surface area (Å²) in [6.45, 7) is 5.77. The summed E-state index contributed by atoms with van der Waals surface area (Å²) in [7, 11) is 0. The maximum atomic E-state index is 5.53. The maximum Gasteiger partial charge on any atom is 0.399 e. The highest BCUT2D eigenvalue weighted by atomic mass is 16.6. The third-order valence-electron chi connectivity index (χ3n) is 2.62. The predicted molar refractivity (Wildman–Crippen MR) is 69.8 cm³/mol.